The Labute approximate surface area is 100 Å². The van der Waals surface area contributed by atoms with Gasteiger partial charge in [-0.25, -0.2) is 0 Å². The number of carbonyl (C=O) groups is 1. The van der Waals surface area contributed by atoms with Gasteiger partial charge in [0.2, 0.25) is 0 Å². The lowest BCUT2D eigenvalue weighted by Crippen LogP contribution is -2.26. The summed E-state index contributed by atoms with van der Waals surface area (Å²) in [6.07, 6.45) is 1.69. The number of aliphatic carboxylic acids is 1. The van der Waals surface area contributed by atoms with E-state index in [4.69, 9.17) is 5.11 Å². The lowest BCUT2D eigenvalue weighted by Gasteiger charge is -2.20. The first-order valence-electron chi connectivity index (χ1n) is 5.48. The molecule has 1 N–H and O–H groups in total. The van der Waals surface area contributed by atoms with Crippen LogP contribution in [-0.4, -0.2) is 16.8 Å². The molecule has 1 heterocycles. The molecule has 1 aliphatic heterocycles. The summed E-state index contributed by atoms with van der Waals surface area (Å²) in [7, 11) is 0. The van der Waals surface area contributed by atoms with Gasteiger partial charge in [-0.1, -0.05) is 12.1 Å². The summed E-state index contributed by atoms with van der Waals surface area (Å²) < 4.78 is 0. The van der Waals surface area contributed by atoms with Crippen molar-refractivity contribution in [2.24, 2.45) is 5.41 Å². The molecule has 0 amide bonds. The molecule has 3 heteroatoms. The van der Waals surface area contributed by atoms with Crippen LogP contribution in [0.3, 0.4) is 0 Å². The summed E-state index contributed by atoms with van der Waals surface area (Å²) in [6, 6.07) is 6.23. The van der Waals surface area contributed by atoms with Crippen LogP contribution in [0.1, 0.15) is 25.0 Å². The lowest BCUT2D eigenvalue weighted by atomic mass is 9.84. The van der Waals surface area contributed by atoms with Crippen molar-refractivity contribution in [3.63, 3.8) is 0 Å². The summed E-state index contributed by atoms with van der Waals surface area (Å²) in [5.41, 5.74) is 1.89. The van der Waals surface area contributed by atoms with Crippen LogP contribution in [0.15, 0.2) is 23.1 Å². The van der Waals surface area contributed by atoms with Crippen molar-refractivity contribution in [3.8, 4) is 0 Å². The van der Waals surface area contributed by atoms with E-state index >= 15 is 0 Å². The first-order chi connectivity index (χ1) is 7.50. The number of benzene rings is 1. The SMILES string of the molecule is CC(C)(Cc1cccc2c1CCS2)C(=O)O. The fourth-order valence-electron chi connectivity index (χ4n) is 2.01. The van der Waals surface area contributed by atoms with Gasteiger partial charge >= 0.3 is 5.97 Å². The number of thioether (sulfide) groups is 1. The van der Waals surface area contributed by atoms with Crippen molar-refractivity contribution >= 4 is 17.7 Å². The van der Waals surface area contributed by atoms with Crippen LogP contribution < -0.4 is 0 Å². The van der Waals surface area contributed by atoms with Crippen LogP contribution in [-0.2, 0) is 17.6 Å². The second-order valence-electron chi connectivity index (χ2n) is 4.86. The van der Waals surface area contributed by atoms with Crippen molar-refractivity contribution in [2.75, 3.05) is 5.75 Å². The summed E-state index contributed by atoms with van der Waals surface area (Å²) in [4.78, 5) is 12.5. The fourth-order valence-corrected chi connectivity index (χ4v) is 3.12. The third-order valence-corrected chi connectivity index (χ3v) is 4.15. The highest BCUT2D eigenvalue weighted by molar-refractivity contribution is 7.99. The minimum atomic E-state index is -0.726. The van der Waals surface area contributed by atoms with Crippen molar-refractivity contribution in [1.82, 2.24) is 0 Å². The monoisotopic (exact) mass is 236 g/mol. The van der Waals surface area contributed by atoms with E-state index in [0.717, 1.165) is 12.2 Å². The average Bonchev–Trinajstić information content (AvgIpc) is 2.65. The Morgan fingerprint density at radius 3 is 2.94 bits per heavy atom. The smallest absolute Gasteiger partial charge is 0.309 e. The predicted molar refractivity (Wildman–Crippen MR) is 66.0 cm³/mol. The third kappa shape index (κ3) is 2.09. The largest absolute Gasteiger partial charge is 0.481 e. The molecule has 16 heavy (non-hydrogen) atoms. The Hall–Kier alpha value is -0.960. The Bertz CT molecular complexity index is 424. The summed E-state index contributed by atoms with van der Waals surface area (Å²) in [6.45, 7) is 3.58. The molecule has 1 aromatic rings. The maximum atomic E-state index is 11.1. The van der Waals surface area contributed by atoms with Crippen LogP contribution >= 0.6 is 11.8 Å². The number of rotatable bonds is 3. The Morgan fingerprint density at radius 1 is 1.50 bits per heavy atom. The second kappa shape index (κ2) is 4.13. The van der Waals surface area contributed by atoms with Crippen LogP contribution in [0.25, 0.3) is 0 Å². The van der Waals surface area contributed by atoms with Gasteiger partial charge in [-0.2, -0.15) is 0 Å². The van der Waals surface area contributed by atoms with E-state index in [1.807, 2.05) is 17.8 Å². The molecule has 1 aromatic carbocycles. The summed E-state index contributed by atoms with van der Waals surface area (Å²) in [5.74, 6) is 0.399. The van der Waals surface area contributed by atoms with Gasteiger partial charge in [-0.3, -0.25) is 4.79 Å². The summed E-state index contributed by atoms with van der Waals surface area (Å²) >= 11 is 1.87. The van der Waals surface area contributed by atoms with Crippen LogP contribution in [0.4, 0.5) is 0 Å². The average molecular weight is 236 g/mol. The van der Waals surface area contributed by atoms with E-state index < -0.39 is 11.4 Å². The third-order valence-electron chi connectivity index (χ3n) is 3.05. The van der Waals surface area contributed by atoms with E-state index in [0.29, 0.717) is 6.42 Å². The molecule has 0 aromatic heterocycles. The van der Waals surface area contributed by atoms with E-state index in [9.17, 15) is 4.79 Å². The maximum absolute atomic E-state index is 11.1. The van der Waals surface area contributed by atoms with Gasteiger partial charge in [0.15, 0.2) is 0 Å². The number of fused-ring (bicyclic) bond motifs is 1. The van der Waals surface area contributed by atoms with E-state index in [1.54, 1.807) is 13.8 Å². The first kappa shape index (κ1) is 11.5. The number of carboxylic acids is 1. The van der Waals surface area contributed by atoms with Crippen molar-refractivity contribution in [3.05, 3.63) is 29.3 Å². The van der Waals surface area contributed by atoms with Gasteiger partial charge in [-0.15, -0.1) is 11.8 Å². The molecule has 2 nitrogen and oxygen atoms in total. The lowest BCUT2D eigenvalue weighted by molar-refractivity contribution is -0.146. The predicted octanol–water partition coefficient (Wildman–Crippen LogP) is 2.99. The highest BCUT2D eigenvalue weighted by Gasteiger charge is 2.29. The Balaban J connectivity index is 2.29. The standard InChI is InChI=1S/C13H16O2S/c1-13(2,12(14)15)8-9-4-3-5-11-10(9)6-7-16-11/h3-5H,6-8H2,1-2H3,(H,14,15). The fraction of sp³-hybridized carbons (Fsp3) is 0.462. The van der Waals surface area contributed by atoms with Gasteiger partial charge in [0.05, 0.1) is 5.41 Å². The number of hydrogen-bond donors (Lipinski definition) is 1. The molecule has 0 saturated carbocycles. The zero-order valence-electron chi connectivity index (χ0n) is 9.62. The zero-order valence-corrected chi connectivity index (χ0v) is 10.4. The molecule has 0 atom stereocenters. The zero-order chi connectivity index (χ0) is 11.8. The second-order valence-corrected chi connectivity index (χ2v) is 5.99. The molecule has 86 valence electrons. The van der Waals surface area contributed by atoms with Gasteiger partial charge in [0.1, 0.15) is 0 Å². The topological polar surface area (TPSA) is 37.3 Å². The molecular formula is C13H16O2S. The quantitative estimate of drug-likeness (QED) is 0.876. The molecule has 0 bridgehead atoms. The molecule has 2 rings (SSSR count). The minimum Gasteiger partial charge on any atom is -0.481 e. The number of carboxylic acid groups (broad SMARTS) is 1. The van der Waals surface area contributed by atoms with Crippen LogP contribution in [0.5, 0.6) is 0 Å². The minimum absolute atomic E-state index is 0.617. The molecule has 0 spiro atoms. The molecule has 0 saturated heterocycles. The molecule has 0 fully saturated rings. The van der Waals surface area contributed by atoms with Crippen molar-refractivity contribution in [2.45, 2.75) is 31.6 Å². The first-order valence-corrected chi connectivity index (χ1v) is 6.46. The van der Waals surface area contributed by atoms with E-state index in [1.165, 1.54) is 16.0 Å². The van der Waals surface area contributed by atoms with Gasteiger partial charge in [-0.05, 0) is 43.9 Å². The summed E-state index contributed by atoms with van der Waals surface area (Å²) in [5, 5.41) is 9.15. The maximum Gasteiger partial charge on any atom is 0.309 e. The van der Waals surface area contributed by atoms with Crippen molar-refractivity contribution < 1.29 is 9.90 Å². The highest BCUT2D eigenvalue weighted by atomic mass is 32.2. The van der Waals surface area contributed by atoms with Crippen molar-refractivity contribution in [1.29, 1.82) is 0 Å². The molecule has 0 radical (unpaired) electrons. The van der Waals surface area contributed by atoms with Gasteiger partial charge in [0, 0.05) is 10.6 Å². The Kier molecular flexibility index (Phi) is 2.98. The molecule has 1 aliphatic rings. The Morgan fingerprint density at radius 2 is 2.25 bits per heavy atom. The van der Waals surface area contributed by atoms with Crippen LogP contribution in [0.2, 0.25) is 0 Å². The van der Waals surface area contributed by atoms with E-state index in [2.05, 4.69) is 12.1 Å². The van der Waals surface area contributed by atoms with E-state index in [-0.39, 0.29) is 0 Å². The van der Waals surface area contributed by atoms with Gasteiger partial charge < -0.3 is 5.11 Å². The van der Waals surface area contributed by atoms with Crippen LogP contribution in [0, 0.1) is 5.41 Å². The normalized spacial score (nSPS) is 14.9. The van der Waals surface area contributed by atoms with Gasteiger partial charge in [0.25, 0.3) is 0 Å². The molecule has 0 aliphatic carbocycles. The molecule has 0 unspecified atom stereocenters. The highest BCUT2D eigenvalue weighted by Crippen LogP contribution is 2.35. The number of hydrogen-bond acceptors (Lipinski definition) is 2. The molecular weight excluding hydrogens is 220 g/mol.